The highest BCUT2D eigenvalue weighted by Crippen LogP contribution is 2.04. The minimum absolute atomic E-state index is 0.0342. The fraction of sp³-hybridized carbons (Fsp3) is 0.700. The fourth-order valence-electron chi connectivity index (χ4n) is 0.875. The van der Waals surface area contributed by atoms with Crippen LogP contribution in [0.25, 0.3) is 0 Å². The van der Waals surface area contributed by atoms with Crippen molar-refractivity contribution in [2.45, 2.75) is 40.7 Å². The molecule has 0 saturated carbocycles. The lowest BCUT2D eigenvalue weighted by molar-refractivity contribution is -0.142. The van der Waals surface area contributed by atoms with Gasteiger partial charge in [-0.1, -0.05) is 19.9 Å². The van der Waals surface area contributed by atoms with Crippen molar-refractivity contribution in [3.05, 3.63) is 11.6 Å². The van der Waals surface area contributed by atoms with Crippen molar-refractivity contribution in [2.75, 3.05) is 0 Å². The van der Waals surface area contributed by atoms with Crippen molar-refractivity contribution in [3.8, 4) is 0 Å². The number of allylic oxidation sites excluding steroid dienone is 1. The molecule has 0 N–H and O–H groups in total. The molecule has 0 aliphatic rings. The first kappa shape index (κ1) is 11.2. The number of rotatable bonds is 3. The zero-order valence-electron chi connectivity index (χ0n) is 8.55. The number of hydrogen-bond acceptors (Lipinski definition) is 2. The first-order chi connectivity index (χ1) is 5.43. The lowest BCUT2D eigenvalue weighted by atomic mass is 10.1. The van der Waals surface area contributed by atoms with Gasteiger partial charge in [0, 0.05) is 5.57 Å². The van der Waals surface area contributed by atoms with Gasteiger partial charge >= 0.3 is 5.97 Å². The molecule has 0 unspecified atom stereocenters. The third-order valence-electron chi connectivity index (χ3n) is 1.25. The summed E-state index contributed by atoms with van der Waals surface area (Å²) in [5, 5.41) is 0. The molecule has 0 atom stereocenters. The van der Waals surface area contributed by atoms with Crippen molar-refractivity contribution in [2.24, 2.45) is 5.92 Å². The quantitative estimate of drug-likeness (QED) is 0.480. The maximum atomic E-state index is 11.2. The van der Waals surface area contributed by atoms with Crippen LogP contribution < -0.4 is 0 Å². The second-order valence-electron chi connectivity index (χ2n) is 3.55. The third kappa shape index (κ3) is 4.94. The minimum atomic E-state index is -0.210. The van der Waals surface area contributed by atoms with Crippen molar-refractivity contribution in [1.29, 1.82) is 0 Å². The molecule has 0 aliphatic carbocycles. The normalized spacial score (nSPS) is 12.4. The highest BCUT2D eigenvalue weighted by atomic mass is 16.5. The summed E-state index contributed by atoms with van der Waals surface area (Å²) in [4.78, 5) is 11.2. The predicted molar refractivity (Wildman–Crippen MR) is 49.8 cm³/mol. The van der Waals surface area contributed by atoms with E-state index in [9.17, 15) is 4.79 Å². The molecule has 0 bridgehead atoms. The van der Waals surface area contributed by atoms with Gasteiger partial charge in [0.25, 0.3) is 0 Å². The van der Waals surface area contributed by atoms with Crippen LogP contribution in [0.15, 0.2) is 11.6 Å². The highest BCUT2D eigenvalue weighted by Gasteiger charge is 2.07. The van der Waals surface area contributed by atoms with E-state index >= 15 is 0 Å². The molecule has 12 heavy (non-hydrogen) atoms. The molecule has 0 aromatic heterocycles. The Labute approximate surface area is 74.6 Å². The van der Waals surface area contributed by atoms with Gasteiger partial charge in [-0.15, -0.1) is 0 Å². The Morgan fingerprint density at radius 1 is 1.25 bits per heavy atom. The van der Waals surface area contributed by atoms with Crippen LogP contribution in [0.2, 0.25) is 0 Å². The van der Waals surface area contributed by atoms with Crippen LogP contribution in [-0.2, 0) is 9.53 Å². The smallest absolute Gasteiger partial charge is 0.333 e. The maximum Gasteiger partial charge on any atom is 0.333 e. The van der Waals surface area contributed by atoms with E-state index in [1.165, 1.54) is 0 Å². The summed E-state index contributed by atoms with van der Waals surface area (Å²) in [6, 6.07) is 0. The summed E-state index contributed by atoms with van der Waals surface area (Å²) >= 11 is 0. The maximum absolute atomic E-state index is 11.2. The molecule has 0 aromatic carbocycles. The number of esters is 1. The average molecular weight is 170 g/mol. The molecule has 0 fully saturated rings. The second kappa shape index (κ2) is 4.96. The standard InChI is InChI=1S/C10H18O2/c1-7(2)6-9(5)10(11)12-8(3)4/h6-8H,1-5H3/b9-6+. The third-order valence-corrected chi connectivity index (χ3v) is 1.25. The van der Waals surface area contributed by atoms with E-state index in [0.29, 0.717) is 11.5 Å². The summed E-state index contributed by atoms with van der Waals surface area (Å²) in [7, 11) is 0. The van der Waals surface area contributed by atoms with Gasteiger partial charge in [0.15, 0.2) is 0 Å². The molecule has 0 aromatic rings. The molecule has 0 rings (SSSR count). The first-order valence-corrected chi connectivity index (χ1v) is 4.33. The second-order valence-corrected chi connectivity index (χ2v) is 3.55. The van der Waals surface area contributed by atoms with Crippen LogP contribution >= 0.6 is 0 Å². The highest BCUT2D eigenvalue weighted by molar-refractivity contribution is 5.87. The van der Waals surface area contributed by atoms with Gasteiger partial charge < -0.3 is 4.74 Å². The lowest BCUT2D eigenvalue weighted by Gasteiger charge is -2.08. The van der Waals surface area contributed by atoms with Gasteiger partial charge in [-0.3, -0.25) is 0 Å². The largest absolute Gasteiger partial charge is 0.460 e. The Kier molecular flexibility index (Phi) is 4.64. The Hall–Kier alpha value is -0.790. The van der Waals surface area contributed by atoms with E-state index in [1.54, 1.807) is 6.92 Å². The summed E-state index contributed by atoms with van der Waals surface area (Å²) in [5.74, 6) is 0.184. The zero-order chi connectivity index (χ0) is 9.72. The Morgan fingerprint density at radius 3 is 2.08 bits per heavy atom. The zero-order valence-corrected chi connectivity index (χ0v) is 8.55. The van der Waals surface area contributed by atoms with Crippen molar-refractivity contribution in [3.63, 3.8) is 0 Å². The molecule has 2 heteroatoms. The van der Waals surface area contributed by atoms with Crippen molar-refractivity contribution >= 4 is 5.97 Å². The van der Waals surface area contributed by atoms with Crippen molar-refractivity contribution in [1.82, 2.24) is 0 Å². The van der Waals surface area contributed by atoms with Gasteiger partial charge in [0.1, 0.15) is 0 Å². The monoisotopic (exact) mass is 170 g/mol. The predicted octanol–water partition coefficient (Wildman–Crippen LogP) is 2.54. The molecular weight excluding hydrogens is 152 g/mol. The number of ether oxygens (including phenoxy) is 1. The van der Waals surface area contributed by atoms with Crippen LogP contribution in [-0.4, -0.2) is 12.1 Å². The van der Waals surface area contributed by atoms with Crippen LogP contribution in [0.5, 0.6) is 0 Å². The van der Waals surface area contributed by atoms with Gasteiger partial charge in [0.05, 0.1) is 6.10 Å². The van der Waals surface area contributed by atoms with E-state index in [-0.39, 0.29) is 12.1 Å². The van der Waals surface area contributed by atoms with Crippen molar-refractivity contribution < 1.29 is 9.53 Å². The molecule has 0 amide bonds. The van der Waals surface area contributed by atoms with E-state index in [0.717, 1.165) is 0 Å². The van der Waals surface area contributed by atoms with Crippen LogP contribution in [0.1, 0.15) is 34.6 Å². The summed E-state index contributed by atoms with van der Waals surface area (Å²) < 4.78 is 5.01. The number of hydrogen-bond donors (Lipinski definition) is 0. The molecule has 0 heterocycles. The van der Waals surface area contributed by atoms with Crippen LogP contribution in [0, 0.1) is 5.92 Å². The SMILES string of the molecule is C/C(=C\C(C)C)C(=O)OC(C)C. The van der Waals surface area contributed by atoms with Crippen LogP contribution in [0.4, 0.5) is 0 Å². The molecule has 0 aliphatic heterocycles. The van der Waals surface area contributed by atoms with Gasteiger partial charge in [0.2, 0.25) is 0 Å². The molecule has 70 valence electrons. The van der Waals surface area contributed by atoms with E-state index in [2.05, 4.69) is 0 Å². The molecule has 2 nitrogen and oxygen atoms in total. The summed E-state index contributed by atoms with van der Waals surface area (Å²) in [5.41, 5.74) is 0.693. The van der Waals surface area contributed by atoms with Gasteiger partial charge in [-0.2, -0.15) is 0 Å². The summed E-state index contributed by atoms with van der Waals surface area (Å²) in [6.07, 6.45) is 1.87. The van der Waals surface area contributed by atoms with E-state index in [4.69, 9.17) is 4.74 Å². The topological polar surface area (TPSA) is 26.3 Å². The lowest BCUT2D eigenvalue weighted by Crippen LogP contribution is -2.12. The molecule has 0 saturated heterocycles. The molecular formula is C10H18O2. The Bertz CT molecular complexity index is 178. The fourth-order valence-corrected chi connectivity index (χ4v) is 0.875. The van der Waals surface area contributed by atoms with Crippen LogP contribution in [0.3, 0.4) is 0 Å². The minimum Gasteiger partial charge on any atom is -0.460 e. The molecule has 0 spiro atoms. The first-order valence-electron chi connectivity index (χ1n) is 4.33. The van der Waals surface area contributed by atoms with Gasteiger partial charge in [-0.25, -0.2) is 4.79 Å². The van der Waals surface area contributed by atoms with E-state index in [1.807, 2.05) is 33.8 Å². The Balaban J connectivity index is 4.10. The Morgan fingerprint density at radius 2 is 1.75 bits per heavy atom. The molecule has 0 radical (unpaired) electrons. The average Bonchev–Trinajstić information content (AvgIpc) is 1.84. The van der Waals surface area contributed by atoms with Gasteiger partial charge in [-0.05, 0) is 26.7 Å². The van der Waals surface area contributed by atoms with E-state index < -0.39 is 0 Å². The number of carbonyl (C=O) groups excluding carboxylic acids is 1. The summed E-state index contributed by atoms with van der Waals surface area (Å²) in [6.45, 7) is 9.55. The number of carbonyl (C=O) groups is 1.